The topological polar surface area (TPSA) is 12.0 Å². The normalized spacial score (nSPS) is 11.9. The van der Waals surface area contributed by atoms with Gasteiger partial charge in [0.15, 0.2) is 0 Å². The summed E-state index contributed by atoms with van der Waals surface area (Å²) in [7, 11) is 0. The van der Waals surface area contributed by atoms with Crippen LogP contribution in [0.3, 0.4) is 0 Å². The van der Waals surface area contributed by atoms with E-state index in [1.807, 2.05) is 0 Å². The van der Waals surface area contributed by atoms with Crippen molar-refractivity contribution >= 4 is 0 Å². The molecule has 0 aliphatic heterocycles. The molecule has 0 atom stereocenters. The molecule has 0 aromatic heterocycles. The number of nitrogens with one attached hydrogen (secondary N) is 1. The van der Waals surface area contributed by atoms with Gasteiger partial charge < -0.3 is 5.32 Å². The Morgan fingerprint density at radius 3 is 2.33 bits per heavy atom. The first-order valence-electron chi connectivity index (χ1n) is 4.75. The molecule has 0 heterocycles. The summed E-state index contributed by atoms with van der Waals surface area (Å²) in [5.41, 5.74) is 2.42. The number of rotatable bonds is 5. The van der Waals surface area contributed by atoms with Gasteiger partial charge in [-0.2, -0.15) is 0 Å². The first-order chi connectivity index (χ1) is 5.61. The van der Waals surface area contributed by atoms with Gasteiger partial charge in [0.25, 0.3) is 0 Å². The Bertz CT molecular complexity index is 166. The maximum Gasteiger partial charge on any atom is 0.0296 e. The predicted molar refractivity (Wildman–Crippen MR) is 56.0 cm³/mol. The van der Waals surface area contributed by atoms with Gasteiger partial charge >= 0.3 is 0 Å². The van der Waals surface area contributed by atoms with E-state index in [0.717, 1.165) is 18.7 Å². The van der Waals surface area contributed by atoms with Crippen LogP contribution in [0.1, 0.15) is 34.1 Å². The summed E-state index contributed by atoms with van der Waals surface area (Å²) >= 11 is 0. The molecule has 0 radical (unpaired) electrons. The third-order valence-electron chi connectivity index (χ3n) is 1.69. The SMILES string of the molecule is C=C(NCC)/C(=C\C(C)C)CC. The van der Waals surface area contributed by atoms with Crippen LogP contribution in [0.25, 0.3) is 0 Å². The second-order valence-corrected chi connectivity index (χ2v) is 3.30. The van der Waals surface area contributed by atoms with Gasteiger partial charge in [0, 0.05) is 12.2 Å². The first-order valence-corrected chi connectivity index (χ1v) is 4.75. The molecule has 1 N–H and O–H groups in total. The molecule has 1 heteroatoms. The van der Waals surface area contributed by atoms with E-state index in [4.69, 9.17) is 0 Å². The van der Waals surface area contributed by atoms with Crippen LogP contribution < -0.4 is 5.32 Å². The van der Waals surface area contributed by atoms with Crippen LogP contribution in [0.15, 0.2) is 23.9 Å². The van der Waals surface area contributed by atoms with Crippen LogP contribution in [-0.2, 0) is 0 Å². The van der Waals surface area contributed by atoms with Crippen molar-refractivity contribution < 1.29 is 0 Å². The molecule has 0 unspecified atom stereocenters. The summed E-state index contributed by atoms with van der Waals surface area (Å²) in [5, 5.41) is 3.24. The zero-order chi connectivity index (χ0) is 9.56. The summed E-state index contributed by atoms with van der Waals surface area (Å²) in [6, 6.07) is 0. The van der Waals surface area contributed by atoms with Gasteiger partial charge in [-0.1, -0.05) is 33.4 Å². The minimum Gasteiger partial charge on any atom is -0.386 e. The number of likely N-dealkylation sites (N-methyl/N-ethyl adjacent to an activating group) is 1. The molecule has 0 saturated carbocycles. The van der Waals surface area contributed by atoms with Crippen molar-refractivity contribution in [3.8, 4) is 0 Å². The molecule has 0 aliphatic carbocycles. The molecule has 12 heavy (non-hydrogen) atoms. The Morgan fingerprint density at radius 1 is 1.42 bits per heavy atom. The average molecular weight is 167 g/mol. The standard InChI is InChI=1S/C11H21N/c1-6-11(8-9(3)4)10(5)12-7-2/h8-9,12H,5-7H2,1-4H3/b11-8-. The van der Waals surface area contributed by atoms with Crippen molar-refractivity contribution in [3.05, 3.63) is 23.9 Å². The highest BCUT2D eigenvalue weighted by Crippen LogP contribution is 2.12. The lowest BCUT2D eigenvalue weighted by atomic mass is 10.1. The van der Waals surface area contributed by atoms with E-state index < -0.39 is 0 Å². The second-order valence-electron chi connectivity index (χ2n) is 3.30. The van der Waals surface area contributed by atoms with Crippen molar-refractivity contribution in [2.45, 2.75) is 34.1 Å². The fraction of sp³-hybridized carbons (Fsp3) is 0.636. The second kappa shape index (κ2) is 5.87. The summed E-state index contributed by atoms with van der Waals surface area (Å²) in [6.07, 6.45) is 3.33. The lowest BCUT2D eigenvalue weighted by molar-refractivity contribution is 0.794. The lowest BCUT2D eigenvalue weighted by Crippen LogP contribution is -2.13. The Morgan fingerprint density at radius 2 is 2.00 bits per heavy atom. The summed E-state index contributed by atoms with van der Waals surface area (Å²) < 4.78 is 0. The maximum absolute atomic E-state index is 3.99. The van der Waals surface area contributed by atoms with Crippen LogP contribution in [0.5, 0.6) is 0 Å². The minimum absolute atomic E-state index is 0.607. The Labute approximate surface area is 76.6 Å². The van der Waals surface area contributed by atoms with Gasteiger partial charge in [-0.05, 0) is 24.8 Å². The number of allylic oxidation sites excluding steroid dienone is 2. The van der Waals surface area contributed by atoms with E-state index in [2.05, 4.69) is 45.7 Å². The van der Waals surface area contributed by atoms with Crippen molar-refractivity contribution in [1.82, 2.24) is 5.32 Å². The highest BCUT2D eigenvalue weighted by Gasteiger charge is 1.99. The van der Waals surface area contributed by atoms with Crippen LogP contribution >= 0.6 is 0 Å². The van der Waals surface area contributed by atoms with E-state index >= 15 is 0 Å². The molecule has 70 valence electrons. The van der Waals surface area contributed by atoms with E-state index in [0.29, 0.717) is 5.92 Å². The highest BCUT2D eigenvalue weighted by molar-refractivity contribution is 5.26. The first kappa shape index (κ1) is 11.3. The highest BCUT2D eigenvalue weighted by atomic mass is 14.9. The zero-order valence-corrected chi connectivity index (χ0v) is 8.78. The number of hydrogen-bond acceptors (Lipinski definition) is 1. The van der Waals surface area contributed by atoms with Crippen molar-refractivity contribution in [2.24, 2.45) is 5.92 Å². The molecule has 0 aliphatic rings. The largest absolute Gasteiger partial charge is 0.386 e. The van der Waals surface area contributed by atoms with Gasteiger partial charge in [-0.3, -0.25) is 0 Å². The van der Waals surface area contributed by atoms with Crippen molar-refractivity contribution in [3.63, 3.8) is 0 Å². The number of hydrogen-bond donors (Lipinski definition) is 1. The van der Waals surface area contributed by atoms with Crippen molar-refractivity contribution in [1.29, 1.82) is 0 Å². The quantitative estimate of drug-likeness (QED) is 0.620. The maximum atomic E-state index is 3.99. The third kappa shape index (κ3) is 4.22. The van der Waals surface area contributed by atoms with Gasteiger partial charge in [0.2, 0.25) is 0 Å². The Hall–Kier alpha value is -0.720. The average Bonchev–Trinajstić information content (AvgIpc) is 2.00. The van der Waals surface area contributed by atoms with Crippen LogP contribution in [0.4, 0.5) is 0 Å². The van der Waals surface area contributed by atoms with E-state index in [1.165, 1.54) is 5.57 Å². The van der Waals surface area contributed by atoms with Crippen molar-refractivity contribution in [2.75, 3.05) is 6.54 Å². The lowest BCUT2D eigenvalue weighted by Gasteiger charge is -2.11. The van der Waals surface area contributed by atoms with E-state index in [1.54, 1.807) is 0 Å². The third-order valence-corrected chi connectivity index (χ3v) is 1.69. The van der Waals surface area contributed by atoms with Gasteiger partial charge in [0.05, 0.1) is 0 Å². The fourth-order valence-corrected chi connectivity index (χ4v) is 1.16. The molecular weight excluding hydrogens is 146 g/mol. The molecule has 0 aromatic carbocycles. The molecule has 0 spiro atoms. The van der Waals surface area contributed by atoms with Gasteiger partial charge in [0.1, 0.15) is 0 Å². The smallest absolute Gasteiger partial charge is 0.0296 e. The molecule has 0 aromatic rings. The Balaban J connectivity index is 4.23. The molecule has 0 amide bonds. The van der Waals surface area contributed by atoms with Gasteiger partial charge in [-0.15, -0.1) is 0 Å². The molecule has 0 bridgehead atoms. The van der Waals surface area contributed by atoms with Crippen LogP contribution in [0, 0.1) is 5.92 Å². The molecule has 0 fully saturated rings. The molecule has 0 rings (SSSR count). The fourth-order valence-electron chi connectivity index (χ4n) is 1.16. The zero-order valence-electron chi connectivity index (χ0n) is 8.78. The minimum atomic E-state index is 0.607. The molecular formula is C11H21N. The summed E-state index contributed by atoms with van der Waals surface area (Å²) in [5.74, 6) is 0.607. The van der Waals surface area contributed by atoms with Crippen LogP contribution in [0.2, 0.25) is 0 Å². The summed E-state index contributed by atoms with van der Waals surface area (Å²) in [6.45, 7) is 13.6. The predicted octanol–water partition coefficient (Wildman–Crippen LogP) is 3.10. The monoisotopic (exact) mass is 167 g/mol. The van der Waals surface area contributed by atoms with E-state index in [9.17, 15) is 0 Å². The van der Waals surface area contributed by atoms with E-state index in [-0.39, 0.29) is 0 Å². The van der Waals surface area contributed by atoms with Crippen LogP contribution in [-0.4, -0.2) is 6.54 Å². The van der Waals surface area contributed by atoms with Gasteiger partial charge in [-0.25, -0.2) is 0 Å². The molecule has 0 saturated heterocycles. The Kier molecular flexibility index (Phi) is 5.52. The summed E-state index contributed by atoms with van der Waals surface area (Å²) in [4.78, 5) is 0. The molecule has 1 nitrogen and oxygen atoms in total.